The zero-order chi connectivity index (χ0) is 15.7. The van der Waals surface area contributed by atoms with Gasteiger partial charge in [0.2, 0.25) is 0 Å². The molecule has 1 aromatic carbocycles. The van der Waals surface area contributed by atoms with Crippen LogP contribution in [0.15, 0.2) is 18.2 Å². The highest BCUT2D eigenvalue weighted by Crippen LogP contribution is 2.32. The number of alkyl halides is 3. The van der Waals surface area contributed by atoms with Gasteiger partial charge < -0.3 is 10.1 Å². The maximum absolute atomic E-state index is 13.1. The predicted octanol–water partition coefficient (Wildman–Crippen LogP) is 3.14. The van der Waals surface area contributed by atoms with E-state index in [0.717, 1.165) is 18.9 Å². The van der Waals surface area contributed by atoms with E-state index < -0.39 is 29.1 Å². The van der Waals surface area contributed by atoms with Gasteiger partial charge in [-0.3, -0.25) is 4.79 Å². The number of rotatable bonds is 3. The van der Waals surface area contributed by atoms with Gasteiger partial charge in [0, 0.05) is 18.7 Å². The topological polar surface area (TPSA) is 38.3 Å². The standard InChI is InChI=1S/C14H15F4NO2/c1-13(5-2-6-21-13)8-19-12(20)9-3-4-11(15)10(7-9)14(16,17)18/h3-4,7H,2,5-6,8H2,1H3,(H,19,20). The second-order valence-corrected chi connectivity index (χ2v) is 5.28. The first-order valence-corrected chi connectivity index (χ1v) is 6.50. The largest absolute Gasteiger partial charge is 0.419 e. The SMILES string of the molecule is CC1(CNC(=O)c2ccc(F)c(C(F)(F)F)c2)CCCO1. The summed E-state index contributed by atoms with van der Waals surface area (Å²) in [5.41, 5.74) is -2.17. The molecule has 0 aliphatic carbocycles. The lowest BCUT2D eigenvalue weighted by atomic mass is 10.0. The molecule has 1 amide bonds. The minimum Gasteiger partial charge on any atom is -0.373 e. The summed E-state index contributed by atoms with van der Waals surface area (Å²) >= 11 is 0. The van der Waals surface area contributed by atoms with Crippen LogP contribution in [-0.4, -0.2) is 24.7 Å². The zero-order valence-electron chi connectivity index (χ0n) is 11.4. The monoisotopic (exact) mass is 305 g/mol. The van der Waals surface area contributed by atoms with E-state index in [0.29, 0.717) is 18.7 Å². The predicted molar refractivity (Wildman–Crippen MR) is 67.3 cm³/mol. The number of benzene rings is 1. The fourth-order valence-corrected chi connectivity index (χ4v) is 2.23. The first-order chi connectivity index (χ1) is 9.71. The number of amides is 1. The van der Waals surface area contributed by atoms with E-state index in [9.17, 15) is 22.4 Å². The van der Waals surface area contributed by atoms with E-state index in [1.807, 2.05) is 6.92 Å². The van der Waals surface area contributed by atoms with Crippen LogP contribution >= 0.6 is 0 Å². The van der Waals surface area contributed by atoms with Gasteiger partial charge >= 0.3 is 6.18 Å². The van der Waals surface area contributed by atoms with Gasteiger partial charge in [0.1, 0.15) is 5.82 Å². The number of hydrogen-bond acceptors (Lipinski definition) is 2. The first kappa shape index (κ1) is 15.8. The normalized spacial score (nSPS) is 22.3. The van der Waals surface area contributed by atoms with Crippen LogP contribution in [0.3, 0.4) is 0 Å². The number of carbonyl (C=O) groups is 1. The molecule has 1 fully saturated rings. The lowest BCUT2D eigenvalue weighted by Gasteiger charge is -2.23. The Balaban J connectivity index is 2.09. The van der Waals surface area contributed by atoms with Gasteiger partial charge in [0.25, 0.3) is 5.91 Å². The quantitative estimate of drug-likeness (QED) is 0.871. The molecule has 116 valence electrons. The molecule has 0 aromatic heterocycles. The molecule has 21 heavy (non-hydrogen) atoms. The van der Waals surface area contributed by atoms with E-state index >= 15 is 0 Å². The van der Waals surface area contributed by atoms with Crippen molar-refractivity contribution < 1.29 is 27.1 Å². The Bertz CT molecular complexity index is 536. The number of halogens is 4. The van der Waals surface area contributed by atoms with Crippen molar-refractivity contribution in [2.75, 3.05) is 13.2 Å². The Morgan fingerprint density at radius 2 is 2.14 bits per heavy atom. The highest BCUT2D eigenvalue weighted by atomic mass is 19.4. The average molecular weight is 305 g/mol. The van der Waals surface area contributed by atoms with Crippen LogP contribution in [0, 0.1) is 5.82 Å². The van der Waals surface area contributed by atoms with Crippen LogP contribution in [-0.2, 0) is 10.9 Å². The van der Waals surface area contributed by atoms with Crippen LogP contribution in [0.25, 0.3) is 0 Å². The molecule has 1 heterocycles. The van der Waals surface area contributed by atoms with Crippen LogP contribution in [0.2, 0.25) is 0 Å². The van der Waals surface area contributed by atoms with Crippen molar-refractivity contribution in [1.82, 2.24) is 5.32 Å². The summed E-state index contributed by atoms with van der Waals surface area (Å²) in [7, 11) is 0. The summed E-state index contributed by atoms with van der Waals surface area (Å²) < 4.78 is 56.4. The molecule has 1 aromatic rings. The van der Waals surface area contributed by atoms with Gasteiger partial charge in [0.05, 0.1) is 11.2 Å². The highest BCUT2D eigenvalue weighted by Gasteiger charge is 2.35. The second kappa shape index (κ2) is 5.63. The Hall–Kier alpha value is -1.63. The Kier molecular flexibility index (Phi) is 4.22. The molecule has 1 aliphatic rings. The van der Waals surface area contributed by atoms with Crippen molar-refractivity contribution in [3.05, 3.63) is 35.1 Å². The fourth-order valence-electron chi connectivity index (χ4n) is 2.23. The Morgan fingerprint density at radius 1 is 1.43 bits per heavy atom. The summed E-state index contributed by atoms with van der Waals surface area (Å²) in [4.78, 5) is 11.9. The number of ether oxygens (including phenoxy) is 1. The maximum Gasteiger partial charge on any atom is 0.419 e. The van der Waals surface area contributed by atoms with Gasteiger partial charge in [-0.05, 0) is 38.0 Å². The van der Waals surface area contributed by atoms with E-state index in [-0.39, 0.29) is 12.1 Å². The minimum absolute atomic E-state index is 0.199. The van der Waals surface area contributed by atoms with Crippen molar-refractivity contribution in [2.24, 2.45) is 0 Å². The fraction of sp³-hybridized carbons (Fsp3) is 0.500. The van der Waals surface area contributed by atoms with Gasteiger partial charge in [-0.2, -0.15) is 13.2 Å². The van der Waals surface area contributed by atoms with Gasteiger partial charge in [-0.15, -0.1) is 0 Å². The van der Waals surface area contributed by atoms with Gasteiger partial charge in [0.15, 0.2) is 0 Å². The number of hydrogen-bond donors (Lipinski definition) is 1. The third-order valence-corrected chi connectivity index (χ3v) is 3.46. The molecule has 0 radical (unpaired) electrons. The molecule has 1 atom stereocenters. The lowest BCUT2D eigenvalue weighted by Crippen LogP contribution is -2.40. The van der Waals surface area contributed by atoms with Crippen molar-refractivity contribution in [2.45, 2.75) is 31.5 Å². The van der Waals surface area contributed by atoms with Gasteiger partial charge in [-0.25, -0.2) is 4.39 Å². The van der Waals surface area contributed by atoms with Crippen LogP contribution < -0.4 is 5.32 Å². The van der Waals surface area contributed by atoms with Crippen LogP contribution in [0.4, 0.5) is 17.6 Å². The molecule has 1 unspecified atom stereocenters. The second-order valence-electron chi connectivity index (χ2n) is 5.28. The van der Waals surface area contributed by atoms with Crippen molar-refractivity contribution in [1.29, 1.82) is 0 Å². The molecule has 1 aliphatic heterocycles. The Morgan fingerprint density at radius 3 is 2.71 bits per heavy atom. The summed E-state index contributed by atoms with van der Waals surface area (Å²) in [6.07, 6.45) is -3.19. The summed E-state index contributed by atoms with van der Waals surface area (Å²) in [6, 6.07) is 2.19. The van der Waals surface area contributed by atoms with E-state index in [1.165, 1.54) is 0 Å². The molecule has 7 heteroatoms. The number of nitrogens with one attached hydrogen (secondary N) is 1. The molecule has 0 spiro atoms. The first-order valence-electron chi connectivity index (χ1n) is 6.50. The molecule has 1 saturated heterocycles. The van der Waals surface area contributed by atoms with E-state index in [1.54, 1.807) is 0 Å². The van der Waals surface area contributed by atoms with Crippen LogP contribution in [0.5, 0.6) is 0 Å². The smallest absolute Gasteiger partial charge is 0.373 e. The maximum atomic E-state index is 13.1. The lowest BCUT2D eigenvalue weighted by molar-refractivity contribution is -0.140. The average Bonchev–Trinajstić information content (AvgIpc) is 2.83. The molecule has 1 N–H and O–H groups in total. The molecule has 2 rings (SSSR count). The Labute approximate surface area is 119 Å². The summed E-state index contributed by atoms with van der Waals surface area (Å²) in [5, 5.41) is 2.53. The van der Waals surface area contributed by atoms with Crippen molar-refractivity contribution >= 4 is 5.91 Å². The van der Waals surface area contributed by atoms with Crippen LogP contribution in [0.1, 0.15) is 35.7 Å². The van der Waals surface area contributed by atoms with Crippen molar-refractivity contribution in [3.8, 4) is 0 Å². The zero-order valence-corrected chi connectivity index (χ0v) is 11.4. The van der Waals surface area contributed by atoms with Crippen molar-refractivity contribution in [3.63, 3.8) is 0 Å². The van der Waals surface area contributed by atoms with Gasteiger partial charge in [-0.1, -0.05) is 0 Å². The molecule has 0 bridgehead atoms. The molecule has 0 saturated carbocycles. The molecular weight excluding hydrogens is 290 g/mol. The number of carbonyl (C=O) groups excluding carboxylic acids is 1. The molecular formula is C14H15F4NO2. The minimum atomic E-state index is -4.83. The van der Waals surface area contributed by atoms with E-state index in [4.69, 9.17) is 4.74 Å². The highest BCUT2D eigenvalue weighted by molar-refractivity contribution is 5.94. The van der Waals surface area contributed by atoms with E-state index in [2.05, 4.69) is 5.32 Å². The molecule has 3 nitrogen and oxygen atoms in total. The third-order valence-electron chi connectivity index (χ3n) is 3.46. The summed E-state index contributed by atoms with van der Waals surface area (Å²) in [6.45, 7) is 2.62. The third kappa shape index (κ3) is 3.72. The summed E-state index contributed by atoms with van der Waals surface area (Å²) in [5.74, 6) is -2.08.